The second kappa shape index (κ2) is 6.12. The molecular weight excluding hydrogens is 265 g/mol. The lowest BCUT2D eigenvalue weighted by Crippen LogP contribution is -2.33. The molecule has 1 aliphatic rings. The summed E-state index contributed by atoms with van der Waals surface area (Å²) >= 11 is 0. The quantitative estimate of drug-likeness (QED) is 0.907. The first-order valence-electron chi connectivity index (χ1n) is 7.08. The maximum atomic E-state index is 12.7. The molecule has 1 N–H and O–H groups in total. The molecule has 1 heterocycles. The molecule has 0 spiro atoms. The molecule has 2 rings (SSSR count). The zero-order chi connectivity index (χ0) is 14.8. The molecule has 1 aliphatic carbocycles. The zero-order valence-electron chi connectivity index (χ0n) is 11.9. The van der Waals surface area contributed by atoms with Gasteiger partial charge in [0.25, 0.3) is 0 Å². The van der Waals surface area contributed by atoms with Crippen molar-refractivity contribution in [2.24, 2.45) is 11.8 Å². The molecule has 0 bridgehead atoms. The lowest BCUT2D eigenvalue weighted by atomic mass is 9.76. The SMILES string of the molecule is CNC(c1ccc(C)nc1)C1CCC(C(F)(F)F)CC1. The van der Waals surface area contributed by atoms with E-state index in [1.807, 2.05) is 32.3 Å². The Labute approximate surface area is 117 Å². The van der Waals surface area contributed by atoms with Crippen LogP contribution in [0.4, 0.5) is 13.2 Å². The number of hydrogen-bond acceptors (Lipinski definition) is 2. The highest BCUT2D eigenvalue weighted by atomic mass is 19.4. The summed E-state index contributed by atoms with van der Waals surface area (Å²) in [6.07, 6.45) is -0.498. The van der Waals surface area contributed by atoms with Gasteiger partial charge in [0.1, 0.15) is 0 Å². The first-order chi connectivity index (χ1) is 9.41. The number of nitrogens with zero attached hydrogens (tertiary/aromatic N) is 1. The van der Waals surface area contributed by atoms with Crippen molar-refractivity contribution in [1.82, 2.24) is 10.3 Å². The minimum absolute atomic E-state index is 0.0947. The predicted octanol–water partition coefficient (Wildman–Crippen LogP) is 4.02. The molecule has 0 saturated heterocycles. The first kappa shape index (κ1) is 15.3. The van der Waals surface area contributed by atoms with Crippen molar-refractivity contribution in [2.45, 2.75) is 44.8 Å². The average Bonchev–Trinajstić information content (AvgIpc) is 2.41. The molecule has 2 nitrogen and oxygen atoms in total. The number of nitrogens with one attached hydrogen (secondary N) is 1. The summed E-state index contributed by atoms with van der Waals surface area (Å²) in [5, 5.41) is 3.24. The number of rotatable bonds is 3. The second-order valence-electron chi connectivity index (χ2n) is 5.65. The van der Waals surface area contributed by atoms with Crippen LogP contribution < -0.4 is 5.32 Å². The van der Waals surface area contributed by atoms with Crippen molar-refractivity contribution in [2.75, 3.05) is 7.05 Å². The molecule has 0 aromatic carbocycles. The Morgan fingerprint density at radius 2 is 1.85 bits per heavy atom. The molecule has 5 heteroatoms. The van der Waals surface area contributed by atoms with Crippen LogP contribution in [0.5, 0.6) is 0 Å². The van der Waals surface area contributed by atoms with Crippen LogP contribution in [0.3, 0.4) is 0 Å². The van der Waals surface area contributed by atoms with Crippen LogP contribution in [0.25, 0.3) is 0 Å². The highest BCUT2D eigenvalue weighted by molar-refractivity contribution is 5.18. The predicted molar refractivity (Wildman–Crippen MR) is 72.3 cm³/mol. The minimum atomic E-state index is -4.04. The van der Waals surface area contributed by atoms with Gasteiger partial charge >= 0.3 is 6.18 Å². The largest absolute Gasteiger partial charge is 0.391 e. The van der Waals surface area contributed by atoms with Gasteiger partial charge in [0.15, 0.2) is 0 Å². The summed E-state index contributed by atoms with van der Waals surface area (Å²) in [5.74, 6) is -0.865. The van der Waals surface area contributed by atoms with Crippen molar-refractivity contribution >= 4 is 0 Å². The van der Waals surface area contributed by atoms with Gasteiger partial charge in [-0.3, -0.25) is 4.98 Å². The molecule has 0 amide bonds. The summed E-state index contributed by atoms with van der Waals surface area (Å²) in [4.78, 5) is 4.28. The molecule has 20 heavy (non-hydrogen) atoms. The third-order valence-electron chi connectivity index (χ3n) is 4.31. The van der Waals surface area contributed by atoms with Crippen LogP contribution in [0.2, 0.25) is 0 Å². The Balaban J connectivity index is 2.02. The van der Waals surface area contributed by atoms with Gasteiger partial charge in [0.2, 0.25) is 0 Å². The van der Waals surface area contributed by atoms with Crippen molar-refractivity contribution in [1.29, 1.82) is 0 Å². The second-order valence-corrected chi connectivity index (χ2v) is 5.65. The van der Waals surface area contributed by atoms with Crippen molar-refractivity contribution in [3.8, 4) is 0 Å². The lowest BCUT2D eigenvalue weighted by Gasteiger charge is -2.34. The molecule has 1 atom stereocenters. The number of aryl methyl sites for hydroxylation is 1. The number of hydrogen-bond donors (Lipinski definition) is 1. The number of alkyl halides is 3. The van der Waals surface area contributed by atoms with E-state index in [-0.39, 0.29) is 24.8 Å². The van der Waals surface area contributed by atoms with Gasteiger partial charge in [-0.1, -0.05) is 6.07 Å². The van der Waals surface area contributed by atoms with E-state index >= 15 is 0 Å². The van der Waals surface area contributed by atoms with E-state index in [1.54, 1.807) is 0 Å². The Morgan fingerprint density at radius 1 is 1.20 bits per heavy atom. The van der Waals surface area contributed by atoms with Crippen molar-refractivity contribution in [3.63, 3.8) is 0 Å². The van der Waals surface area contributed by atoms with Gasteiger partial charge in [0.05, 0.1) is 5.92 Å². The number of pyridine rings is 1. The van der Waals surface area contributed by atoms with E-state index in [0.717, 1.165) is 11.3 Å². The summed E-state index contributed by atoms with van der Waals surface area (Å²) in [6.45, 7) is 1.92. The third kappa shape index (κ3) is 3.51. The molecule has 1 aromatic rings. The van der Waals surface area contributed by atoms with Gasteiger partial charge in [-0.2, -0.15) is 13.2 Å². The van der Waals surface area contributed by atoms with Crippen LogP contribution in [0.1, 0.15) is 43.0 Å². The van der Waals surface area contributed by atoms with Gasteiger partial charge < -0.3 is 5.32 Å². The Kier molecular flexibility index (Phi) is 4.68. The number of halogens is 3. The van der Waals surface area contributed by atoms with Crippen LogP contribution >= 0.6 is 0 Å². The molecular formula is C15H21F3N2. The van der Waals surface area contributed by atoms with Gasteiger partial charge in [-0.05, 0) is 57.2 Å². The summed E-state index contributed by atoms with van der Waals surface area (Å²) in [5.41, 5.74) is 2.01. The van der Waals surface area contributed by atoms with Gasteiger partial charge in [-0.15, -0.1) is 0 Å². The van der Waals surface area contributed by atoms with E-state index in [2.05, 4.69) is 10.3 Å². The molecule has 1 aromatic heterocycles. The molecule has 112 valence electrons. The highest BCUT2D eigenvalue weighted by Gasteiger charge is 2.42. The monoisotopic (exact) mass is 286 g/mol. The smallest absolute Gasteiger partial charge is 0.313 e. The van der Waals surface area contributed by atoms with Crippen LogP contribution in [-0.4, -0.2) is 18.2 Å². The van der Waals surface area contributed by atoms with E-state index in [1.165, 1.54) is 0 Å². The first-order valence-corrected chi connectivity index (χ1v) is 7.08. The normalized spacial score (nSPS) is 25.4. The van der Waals surface area contributed by atoms with E-state index in [0.29, 0.717) is 12.8 Å². The average molecular weight is 286 g/mol. The standard InChI is InChI=1S/C15H21F3N2/c1-10-3-4-12(9-20-10)14(19-2)11-5-7-13(8-6-11)15(16,17)18/h3-4,9,11,13-14,19H,5-8H2,1-2H3. The maximum absolute atomic E-state index is 12.7. The third-order valence-corrected chi connectivity index (χ3v) is 4.31. The van der Waals surface area contributed by atoms with E-state index in [4.69, 9.17) is 0 Å². The Hall–Kier alpha value is -1.10. The van der Waals surface area contributed by atoms with E-state index < -0.39 is 12.1 Å². The lowest BCUT2D eigenvalue weighted by molar-refractivity contribution is -0.184. The molecule has 0 aliphatic heterocycles. The van der Waals surface area contributed by atoms with E-state index in [9.17, 15) is 13.2 Å². The molecule has 1 saturated carbocycles. The molecule has 0 radical (unpaired) electrons. The summed E-state index contributed by atoms with van der Waals surface area (Å²) in [7, 11) is 1.86. The number of aromatic nitrogens is 1. The summed E-state index contributed by atoms with van der Waals surface area (Å²) in [6, 6.07) is 4.05. The van der Waals surface area contributed by atoms with Crippen LogP contribution in [-0.2, 0) is 0 Å². The fourth-order valence-corrected chi connectivity index (χ4v) is 3.12. The van der Waals surface area contributed by atoms with Gasteiger partial charge in [-0.25, -0.2) is 0 Å². The fourth-order valence-electron chi connectivity index (χ4n) is 3.12. The Morgan fingerprint density at radius 3 is 2.30 bits per heavy atom. The topological polar surface area (TPSA) is 24.9 Å². The Bertz CT molecular complexity index is 420. The fraction of sp³-hybridized carbons (Fsp3) is 0.667. The minimum Gasteiger partial charge on any atom is -0.313 e. The molecule has 1 fully saturated rings. The van der Waals surface area contributed by atoms with Crippen molar-refractivity contribution < 1.29 is 13.2 Å². The maximum Gasteiger partial charge on any atom is 0.391 e. The summed E-state index contributed by atoms with van der Waals surface area (Å²) < 4.78 is 38.1. The van der Waals surface area contributed by atoms with Crippen molar-refractivity contribution in [3.05, 3.63) is 29.6 Å². The molecule has 1 unspecified atom stereocenters. The van der Waals surface area contributed by atoms with Gasteiger partial charge in [0, 0.05) is 17.9 Å². The van der Waals surface area contributed by atoms with Crippen LogP contribution in [0, 0.1) is 18.8 Å². The zero-order valence-corrected chi connectivity index (χ0v) is 11.9. The van der Waals surface area contributed by atoms with Crippen LogP contribution in [0.15, 0.2) is 18.3 Å². The highest BCUT2D eigenvalue weighted by Crippen LogP contribution is 2.42.